The number of aryl methyl sites for hydroxylation is 1. The zero-order valence-corrected chi connectivity index (χ0v) is 15.6. The van der Waals surface area contributed by atoms with Crippen molar-refractivity contribution in [3.05, 3.63) is 53.1 Å². The Morgan fingerprint density at radius 1 is 1.00 bits per heavy atom. The van der Waals surface area contributed by atoms with Gasteiger partial charge in [-0.1, -0.05) is 23.7 Å². The second-order valence-corrected chi connectivity index (χ2v) is 6.28. The molecule has 0 spiro atoms. The Bertz CT molecular complexity index is 852. The number of anilines is 3. The molecule has 0 aliphatic carbocycles. The molecule has 0 unspecified atom stereocenters. The molecule has 0 atom stereocenters. The highest BCUT2D eigenvalue weighted by Crippen LogP contribution is 2.24. The minimum Gasteiger partial charge on any atom is -0.326 e. The molecule has 2 N–H and O–H groups in total. The Labute approximate surface area is 157 Å². The van der Waals surface area contributed by atoms with Gasteiger partial charge >= 0.3 is 0 Å². The van der Waals surface area contributed by atoms with Crippen LogP contribution in [-0.4, -0.2) is 24.3 Å². The van der Waals surface area contributed by atoms with Crippen molar-refractivity contribution in [2.75, 3.05) is 22.1 Å². The number of carbonyl (C=O) groups excluding carboxylic acids is 3. The second-order valence-electron chi connectivity index (χ2n) is 5.85. The third kappa shape index (κ3) is 5.32. The van der Waals surface area contributed by atoms with E-state index in [0.717, 1.165) is 5.56 Å². The maximum absolute atomic E-state index is 12.4. The molecule has 26 heavy (non-hydrogen) atoms. The number of benzene rings is 2. The monoisotopic (exact) mass is 373 g/mol. The summed E-state index contributed by atoms with van der Waals surface area (Å²) in [5.74, 6) is -0.829. The molecule has 0 radical (unpaired) electrons. The summed E-state index contributed by atoms with van der Waals surface area (Å²) in [4.78, 5) is 36.9. The largest absolute Gasteiger partial charge is 0.326 e. The minimum atomic E-state index is -0.362. The first-order valence-corrected chi connectivity index (χ1v) is 8.36. The van der Waals surface area contributed by atoms with Crippen LogP contribution in [0.2, 0.25) is 5.02 Å². The lowest BCUT2D eigenvalue weighted by molar-refractivity contribution is -0.120. The van der Waals surface area contributed by atoms with Crippen LogP contribution in [0.5, 0.6) is 0 Å². The maximum atomic E-state index is 12.4. The Balaban J connectivity index is 2.15. The van der Waals surface area contributed by atoms with Crippen LogP contribution in [0.15, 0.2) is 42.5 Å². The van der Waals surface area contributed by atoms with Crippen LogP contribution < -0.4 is 15.5 Å². The molecule has 6 nitrogen and oxygen atoms in total. The molecule has 0 heterocycles. The van der Waals surface area contributed by atoms with Gasteiger partial charge in [-0.3, -0.25) is 14.4 Å². The fraction of sp³-hybridized carbons (Fsp3) is 0.211. The molecule has 0 fully saturated rings. The van der Waals surface area contributed by atoms with E-state index in [1.165, 1.54) is 18.7 Å². The van der Waals surface area contributed by atoms with E-state index in [4.69, 9.17) is 11.6 Å². The normalized spacial score (nSPS) is 10.2. The lowest BCUT2D eigenvalue weighted by Gasteiger charge is -2.23. The zero-order chi connectivity index (χ0) is 19.3. The van der Waals surface area contributed by atoms with E-state index in [2.05, 4.69) is 10.6 Å². The number of hydrogen-bond acceptors (Lipinski definition) is 3. The molecule has 136 valence electrons. The van der Waals surface area contributed by atoms with Gasteiger partial charge in [-0.05, 0) is 42.8 Å². The average Bonchev–Trinajstić information content (AvgIpc) is 2.54. The highest BCUT2D eigenvalue weighted by molar-refractivity contribution is 6.31. The van der Waals surface area contributed by atoms with Gasteiger partial charge in [0.05, 0.1) is 0 Å². The number of halogens is 1. The molecule has 2 aromatic rings. The topological polar surface area (TPSA) is 78.5 Å². The molecule has 0 aromatic heterocycles. The molecule has 0 aliphatic rings. The minimum absolute atomic E-state index is 0.152. The summed E-state index contributed by atoms with van der Waals surface area (Å²) in [6.45, 7) is 4.49. The summed E-state index contributed by atoms with van der Waals surface area (Å²) in [5.41, 5.74) is 2.52. The van der Waals surface area contributed by atoms with Crippen LogP contribution in [0.1, 0.15) is 19.4 Å². The summed E-state index contributed by atoms with van der Waals surface area (Å²) in [5, 5.41) is 5.86. The molecule has 0 saturated carbocycles. The van der Waals surface area contributed by atoms with Crippen LogP contribution in [0.25, 0.3) is 0 Å². The van der Waals surface area contributed by atoms with Crippen LogP contribution in [0.3, 0.4) is 0 Å². The second kappa shape index (κ2) is 8.49. The van der Waals surface area contributed by atoms with E-state index in [1.54, 1.807) is 42.5 Å². The number of rotatable bonds is 5. The predicted molar refractivity (Wildman–Crippen MR) is 104 cm³/mol. The molecule has 0 aliphatic heterocycles. The van der Waals surface area contributed by atoms with Gasteiger partial charge in [-0.2, -0.15) is 0 Å². The number of amides is 3. The Morgan fingerprint density at radius 2 is 1.65 bits per heavy atom. The molecule has 0 bridgehead atoms. The molecule has 2 rings (SSSR count). The third-order valence-electron chi connectivity index (χ3n) is 3.61. The lowest BCUT2D eigenvalue weighted by Crippen LogP contribution is -2.37. The smallest absolute Gasteiger partial charge is 0.244 e. The van der Waals surface area contributed by atoms with Crippen molar-refractivity contribution in [3.63, 3.8) is 0 Å². The standard InChI is InChI=1S/C19H20ClN3O3/c1-12-7-8-15(20)9-18(12)23(14(3)25)11-19(26)22-17-6-4-5-16(10-17)21-13(2)24/h4-10H,11H2,1-3H3,(H,21,24)(H,22,26). The molecule has 0 saturated heterocycles. The first-order chi connectivity index (χ1) is 12.3. The van der Waals surface area contributed by atoms with Gasteiger partial charge in [0.1, 0.15) is 6.54 Å². The zero-order valence-electron chi connectivity index (χ0n) is 14.8. The van der Waals surface area contributed by atoms with Crippen LogP contribution >= 0.6 is 11.6 Å². The highest BCUT2D eigenvalue weighted by atomic mass is 35.5. The van der Waals surface area contributed by atoms with Gasteiger partial charge in [-0.15, -0.1) is 0 Å². The van der Waals surface area contributed by atoms with Crippen LogP contribution in [0.4, 0.5) is 17.1 Å². The van der Waals surface area contributed by atoms with E-state index in [9.17, 15) is 14.4 Å². The highest BCUT2D eigenvalue weighted by Gasteiger charge is 2.18. The number of hydrogen-bond donors (Lipinski definition) is 2. The van der Waals surface area contributed by atoms with Crippen molar-refractivity contribution in [2.45, 2.75) is 20.8 Å². The van der Waals surface area contributed by atoms with Crippen molar-refractivity contribution in [3.8, 4) is 0 Å². The lowest BCUT2D eigenvalue weighted by atomic mass is 10.1. The SMILES string of the molecule is CC(=O)Nc1cccc(NC(=O)CN(C(C)=O)c2cc(Cl)ccc2C)c1. The molecule has 7 heteroatoms. The van der Waals surface area contributed by atoms with E-state index in [1.807, 2.05) is 6.92 Å². The van der Waals surface area contributed by atoms with Crippen molar-refractivity contribution >= 4 is 46.4 Å². The molecular formula is C19H20ClN3O3. The summed E-state index contributed by atoms with van der Waals surface area (Å²) in [7, 11) is 0. The van der Waals surface area contributed by atoms with E-state index in [-0.39, 0.29) is 24.3 Å². The molecular weight excluding hydrogens is 354 g/mol. The Hall–Kier alpha value is -2.86. The van der Waals surface area contributed by atoms with E-state index < -0.39 is 0 Å². The van der Waals surface area contributed by atoms with Crippen LogP contribution in [-0.2, 0) is 14.4 Å². The van der Waals surface area contributed by atoms with Gasteiger partial charge in [-0.25, -0.2) is 0 Å². The maximum Gasteiger partial charge on any atom is 0.244 e. The first-order valence-electron chi connectivity index (χ1n) is 7.98. The fourth-order valence-electron chi connectivity index (χ4n) is 2.46. The Morgan fingerprint density at radius 3 is 2.27 bits per heavy atom. The number of carbonyl (C=O) groups is 3. The summed E-state index contributed by atoms with van der Waals surface area (Å²) in [6, 6.07) is 11.9. The van der Waals surface area contributed by atoms with Gasteiger partial charge in [0.25, 0.3) is 0 Å². The average molecular weight is 374 g/mol. The van der Waals surface area contributed by atoms with Gasteiger partial charge in [0.2, 0.25) is 17.7 Å². The summed E-state index contributed by atoms with van der Waals surface area (Å²) in [6.07, 6.45) is 0. The van der Waals surface area contributed by atoms with E-state index in [0.29, 0.717) is 22.1 Å². The van der Waals surface area contributed by atoms with Crippen molar-refractivity contribution < 1.29 is 14.4 Å². The Kier molecular flexibility index (Phi) is 6.36. The molecule has 2 aromatic carbocycles. The van der Waals surface area contributed by atoms with E-state index >= 15 is 0 Å². The molecule has 3 amide bonds. The van der Waals surface area contributed by atoms with Gasteiger partial charge in [0.15, 0.2) is 0 Å². The third-order valence-corrected chi connectivity index (χ3v) is 3.85. The number of nitrogens with one attached hydrogen (secondary N) is 2. The number of nitrogens with zero attached hydrogens (tertiary/aromatic N) is 1. The van der Waals surface area contributed by atoms with Crippen molar-refractivity contribution in [2.24, 2.45) is 0 Å². The quantitative estimate of drug-likeness (QED) is 0.840. The van der Waals surface area contributed by atoms with Crippen molar-refractivity contribution in [1.82, 2.24) is 0 Å². The predicted octanol–water partition coefficient (Wildman–Crippen LogP) is 3.60. The fourth-order valence-corrected chi connectivity index (χ4v) is 2.63. The van der Waals surface area contributed by atoms with Gasteiger partial charge < -0.3 is 15.5 Å². The summed E-state index contributed by atoms with van der Waals surface area (Å²) >= 11 is 6.02. The van der Waals surface area contributed by atoms with Gasteiger partial charge in [0, 0.05) is 35.9 Å². The van der Waals surface area contributed by atoms with Crippen LogP contribution in [0, 0.1) is 6.92 Å². The van der Waals surface area contributed by atoms with Crippen molar-refractivity contribution in [1.29, 1.82) is 0 Å². The first kappa shape index (κ1) is 19.5. The summed E-state index contributed by atoms with van der Waals surface area (Å²) < 4.78 is 0.